The van der Waals surface area contributed by atoms with E-state index >= 15 is 0 Å². The summed E-state index contributed by atoms with van der Waals surface area (Å²) in [5.74, 6) is 0. The van der Waals surface area contributed by atoms with Crippen LogP contribution in [0.15, 0.2) is 59.1 Å². The van der Waals surface area contributed by atoms with Crippen LogP contribution in [0.25, 0.3) is 22.2 Å². The first-order valence-electron chi connectivity index (χ1n) is 5.55. The first-order chi connectivity index (χ1) is 8.74. The number of aromatic nitrogens is 1. The fourth-order valence-electron chi connectivity index (χ4n) is 1.93. The number of nitrogens with zero attached hydrogens (tertiary/aromatic N) is 1. The quantitative estimate of drug-likeness (QED) is 0.592. The minimum Gasteiger partial charge on any atom is -0.246 e. The second-order valence-corrected chi connectivity index (χ2v) is 5.34. The van der Waals surface area contributed by atoms with Crippen LogP contribution in [0.5, 0.6) is 0 Å². The number of pyridine rings is 1. The van der Waals surface area contributed by atoms with Crippen LogP contribution in [0.4, 0.5) is 0 Å². The normalized spacial score (nSPS) is 10.8. The zero-order valence-electron chi connectivity index (χ0n) is 9.40. The third-order valence-corrected chi connectivity index (χ3v) is 3.53. The predicted octanol–water partition coefficient (Wildman–Crippen LogP) is 5.32. The van der Waals surface area contributed by atoms with E-state index in [4.69, 9.17) is 11.6 Å². The van der Waals surface area contributed by atoms with Gasteiger partial charge in [0.1, 0.15) is 0 Å². The minimum atomic E-state index is 0.664. The zero-order chi connectivity index (χ0) is 12.5. The molecule has 1 heterocycles. The van der Waals surface area contributed by atoms with Gasteiger partial charge in [-0.3, -0.25) is 0 Å². The average Bonchev–Trinajstić information content (AvgIpc) is 2.39. The highest BCUT2D eigenvalue weighted by molar-refractivity contribution is 9.10. The van der Waals surface area contributed by atoms with Gasteiger partial charge in [-0.05, 0) is 18.2 Å². The molecule has 0 bridgehead atoms. The molecule has 0 aliphatic carbocycles. The lowest BCUT2D eigenvalue weighted by molar-refractivity contribution is 1.40. The molecule has 3 rings (SSSR count). The smallest absolute Gasteiger partial charge is 0.0896 e. The Balaban J connectivity index is 2.23. The van der Waals surface area contributed by atoms with Crippen molar-refractivity contribution in [3.63, 3.8) is 0 Å². The number of rotatable bonds is 1. The molecule has 0 spiro atoms. The number of halogens is 2. The number of hydrogen-bond acceptors (Lipinski definition) is 1. The van der Waals surface area contributed by atoms with E-state index in [0.717, 1.165) is 26.6 Å². The molecule has 3 aromatic rings. The Kier molecular flexibility index (Phi) is 3.06. The second-order valence-electron chi connectivity index (χ2n) is 4.02. The standard InChI is InChI=1S/C15H9BrClN/c16-12-8-11-6-7-14(10-4-2-1-3-5-10)18-15(11)13(17)9-12/h1-9H. The largest absolute Gasteiger partial charge is 0.246 e. The van der Waals surface area contributed by atoms with Crippen molar-refractivity contribution >= 4 is 38.4 Å². The maximum absolute atomic E-state index is 6.23. The molecule has 0 aliphatic rings. The Bertz CT molecular complexity index is 710. The van der Waals surface area contributed by atoms with E-state index in [1.165, 1.54) is 0 Å². The van der Waals surface area contributed by atoms with Crippen molar-refractivity contribution in [2.75, 3.05) is 0 Å². The summed E-state index contributed by atoms with van der Waals surface area (Å²) in [6.07, 6.45) is 0. The minimum absolute atomic E-state index is 0.664. The third-order valence-electron chi connectivity index (χ3n) is 2.78. The summed E-state index contributed by atoms with van der Waals surface area (Å²) in [6, 6.07) is 18.0. The zero-order valence-corrected chi connectivity index (χ0v) is 11.7. The molecular weight excluding hydrogens is 310 g/mol. The molecule has 88 valence electrons. The molecule has 18 heavy (non-hydrogen) atoms. The molecule has 0 radical (unpaired) electrons. The van der Waals surface area contributed by atoms with Crippen LogP contribution < -0.4 is 0 Å². The van der Waals surface area contributed by atoms with Gasteiger partial charge in [-0.15, -0.1) is 0 Å². The van der Waals surface area contributed by atoms with Crippen LogP contribution in [0.3, 0.4) is 0 Å². The average molecular weight is 319 g/mol. The lowest BCUT2D eigenvalue weighted by Crippen LogP contribution is -1.86. The Morgan fingerprint density at radius 1 is 0.944 bits per heavy atom. The van der Waals surface area contributed by atoms with Crippen LogP contribution in [-0.4, -0.2) is 4.98 Å². The van der Waals surface area contributed by atoms with Crippen molar-refractivity contribution in [1.82, 2.24) is 4.98 Å². The van der Waals surface area contributed by atoms with Crippen molar-refractivity contribution in [2.24, 2.45) is 0 Å². The van der Waals surface area contributed by atoms with E-state index in [1.807, 2.05) is 54.6 Å². The maximum Gasteiger partial charge on any atom is 0.0896 e. The molecule has 1 aromatic heterocycles. The fraction of sp³-hybridized carbons (Fsp3) is 0. The summed E-state index contributed by atoms with van der Waals surface area (Å²) < 4.78 is 0.967. The topological polar surface area (TPSA) is 12.9 Å². The molecule has 0 amide bonds. The Morgan fingerprint density at radius 2 is 1.72 bits per heavy atom. The summed E-state index contributed by atoms with van der Waals surface area (Å²) in [5, 5.41) is 1.70. The van der Waals surface area contributed by atoms with Crippen molar-refractivity contribution in [3.8, 4) is 11.3 Å². The summed E-state index contributed by atoms with van der Waals surface area (Å²) in [4.78, 5) is 4.63. The summed E-state index contributed by atoms with van der Waals surface area (Å²) in [7, 11) is 0. The van der Waals surface area contributed by atoms with Crippen molar-refractivity contribution in [3.05, 3.63) is 64.1 Å². The lowest BCUT2D eigenvalue weighted by Gasteiger charge is -2.05. The molecule has 0 fully saturated rings. The Labute approximate surface area is 119 Å². The van der Waals surface area contributed by atoms with Crippen LogP contribution in [0.2, 0.25) is 5.02 Å². The van der Waals surface area contributed by atoms with Gasteiger partial charge < -0.3 is 0 Å². The molecule has 0 unspecified atom stereocenters. The van der Waals surface area contributed by atoms with Gasteiger partial charge >= 0.3 is 0 Å². The Hall–Kier alpha value is -1.38. The lowest BCUT2D eigenvalue weighted by atomic mass is 10.1. The third kappa shape index (κ3) is 2.14. The van der Waals surface area contributed by atoms with E-state index in [2.05, 4.69) is 20.9 Å². The number of hydrogen-bond donors (Lipinski definition) is 0. The monoisotopic (exact) mass is 317 g/mol. The summed E-state index contributed by atoms with van der Waals surface area (Å²) >= 11 is 9.66. The van der Waals surface area contributed by atoms with Gasteiger partial charge in [-0.2, -0.15) is 0 Å². The molecular formula is C15H9BrClN. The van der Waals surface area contributed by atoms with Crippen molar-refractivity contribution < 1.29 is 0 Å². The number of fused-ring (bicyclic) bond motifs is 1. The van der Waals surface area contributed by atoms with Crippen LogP contribution in [-0.2, 0) is 0 Å². The van der Waals surface area contributed by atoms with Gasteiger partial charge in [0.25, 0.3) is 0 Å². The summed E-state index contributed by atoms with van der Waals surface area (Å²) in [6.45, 7) is 0. The molecule has 1 nitrogen and oxygen atoms in total. The van der Waals surface area contributed by atoms with Gasteiger partial charge in [0.15, 0.2) is 0 Å². The molecule has 3 heteroatoms. The van der Waals surface area contributed by atoms with Gasteiger partial charge in [-0.1, -0.05) is 63.9 Å². The second kappa shape index (κ2) is 4.71. The van der Waals surface area contributed by atoms with E-state index in [9.17, 15) is 0 Å². The van der Waals surface area contributed by atoms with E-state index in [0.29, 0.717) is 5.02 Å². The highest BCUT2D eigenvalue weighted by Gasteiger charge is 2.05. The van der Waals surface area contributed by atoms with Crippen LogP contribution in [0.1, 0.15) is 0 Å². The van der Waals surface area contributed by atoms with Gasteiger partial charge in [0, 0.05) is 15.4 Å². The molecule has 0 saturated heterocycles. The van der Waals surface area contributed by atoms with E-state index in [-0.39, 0.29) is 0 Å². The van der Waals surface area contributed by atoms with Gasteiger partial charge in [0.05, 0.1) is 16.2 Å². The van der Waals surface area contributed by atoms with Crippen LogP contribution >= 0.6 is 27.5 Å². The van der Waals surface area contributed by atoms with Gasteiger partial charge in [-0.25, -0.2) is 4.98 Å². The fourth-order valence-corrected chi connectivity index (χ4v) is 2.80. The van der Waals surface area contributed by atoms with E-state index < -0.39 is 0 Å². The number of benzene rings is 2. The highest BCUT2D eigenvalue weighted by atomic mass is 79.9. The molecule has 0 atom stereocenters. The van der Waals surface area contributed by atoms with E-state index in [1.54, 1.807) is 0 Å². The molecule has 0 saturated carbocycles. The van der Waals surface area contributed by atoms with Gasteiger partial charge in [0.2, 0.25) is 0 Å². The van der Waals surface area contributed by atoms with Crippen molar-refractivity contribution in [2.45, 2.75) is 0 Å². The maximum atomic E-state index is 6.23. The van der Waals surface area contributed by atoms with Crippen LogP contribution in [0, 0.1) is 0 Å². The first-order valence-corrected chi connectivity index (χ1v) is 6.72. The Morgan fingerprint density at radius 3 is 2.50 bits per heavy atom. The predicted molar refractivity (Wildman–Crippen MR) is 79.9 cm³/mol. The molecule has 2 aromatic carbocycles. The highest BCUT2D eigenvalue weighted by Crippen LogP contribution is 2.29. The SMILES string of the molecule is Clc1cc(Br)cc2ccc(-c3ccccc3)nc12. The first kappa shape index (κ1) is 11.7. The van der Waals surface area contributed by atoms with Crippen molar-refractivity contribution in [1.29, 1.82) is 0 Å². The molecule has 0 aliphatic heterocycles. The summed E-state index contributed by atoms with van der Waals surface area (Å²) in [5.41, 5.74) is 2.87. The molecule has 0 N–H and O–H groups in total.